The molecule has 0 aliphatic heterocycles. The summed E-state index contributed by atoms with van der Waals surface area (Å²) in [7, 11) is 0. The lowest BCUT2D eigenvalue weighted by Crippen LogP contribution is -2.23. The number of aromatic hydroxyl groups is 1. The van der Waals surface area contributed by atoms with Crippen LogP contribution >= 0.6 is 15.9 Å². The number of aliphatic hydroxyl groups is 2. The Labute approximate surface area is 96.7 Å². The van der Waals surface area contributed by atoms with Gasteiger partial charge < -0.3 is 20.6 Å². The SMILES string of the molecule is Cc1c(Br)ccc(O)c1NCC(O)CO. The smallest absolute Gasteiger partial charge is 0.139 e. The van der Waals surface area contributed by atoms with Crippen LogP contribution in [0.5, 0.6) is 5.75 Å². The third-order valence-corrected chi connectivity index (χ3v) is 2.96. The largest absolute Gasteiger partial charge is 0.506 e. The number of halogens is 1. The van der Waals surface area contributed by atoms with Gasteiger partial charge in [-0.05, 0) is 24.6 Å². The van der Waals surface area contributed by atoms with Crippen LogP contribution in [0, 0.1) is 6.92 Å². The predicted molar refractivity (Wildman–Crippen MR) is 62.1 cm³/mol. The van der Waals surface area contributed by atoms with Gasteiger partial charge in [0.15, 0.2) is 0 Å². The van der Waals surface area contributed by atoms with Crippen LogP contribution in [0.4, 0.5) is 5.69 Å². The van der Waals surface area contributed by atoms with E-state index in [1.54, 1.807) is 12.1 Å². The van der Waals surface area contributed by atoms with E-state index in [1.807, 2.05) is 6.92 Å². The first-order chi connectivity index (χ1) is 7.06. The minimum atomic E-state index is -0.831. The number of aliphatic hydroxyl groups excluding tert-OH is 2. The molecule has 0 heterocycles. The van der Waals surface area contributed by atoms with E-state index in [-0.39, 0.29) is 18.9 Å². The molecule has 0 saturated heterocycles. The molecule has 1 rings (SSSR count). The van der Waals surface area contributed by atoms with Crippen LogP contribution in [-0.4, -0.2) is 34.6 Å². The van der Waals surface area contributed by atoms with E-state index >= 15 is 0 Å². The number of nitrogens with one attached hydrogen (secondary N) is 1. The number of hydrogen-bond donors (Lipinski definition) is 4. The first kappa shape index (κ1) is 12.3. The third kappa shape index (κ3) is 3.09. The highest BCUT2D eigenvalue weighted by atomic mass is 79.9. The second kappa shape index (κ2) is 5.34. The summed E-state index contributed by atoms with van der Waals surface area (Å²) < 4.78 is 0.876. The summed E-state index contributed by atoms with van der Waals surface area (Å²) >= 11 is 3.34. The molecule has 1 atom stereocenters. The molecule has 1 unspecified atom stereocenters. The maximum absolute atomic E-state index is 9.57. The Balaban J connectivity index is 2.80. The standard InChI is InChI=1S/C10H14BrNO3/c1-6-8(11)2-3-9(15)10(6)12-4-7(14)5-13/h2-3,7,12-15H,4-5H2,1H3. The van der Waals surface area contributed by atoms with E-state index in [4.69, 9.17) is 10.2 Å². The lowest BCUT2D eigenvalue weighted by molar-refractivity contribution is 0.105. The van der Waals surface area contributed by atoms with Crippen molar-refractivity contribution in [1.82, 2.24) is 0 Å². The van der Waals surface area contributed by atoms with E-state index in [0.29, 0.717) is 5.69 Å². The molecule has 0 aliphatic rings. The van der Waals surface area contributed by atoms with Crippen LogP contribution in [0.15, 0.2) is 16.6 Å². The third-order valence-electron chi connectivity index (χ3n) is 2.10. The van der Waals surface area contributed by atoms with Gasteiger partial charge in [-0.1, -0.05) is 15.9 Å². The Bertz CT molecular complexity index is 344. The number of phenols is 1. The zero-order chi connectivity index (χ0) is 11.4. The van der Waals surface area contributed by atoms with E-state index < -0.39 is 6.10 Å². The van der Waals surface area contributed by atoms with Gasteiger partial charge in [0.2, 0.25) is 0 Å². The molecule has 0 bridgehead atoms. The molecule has 0 aromatic heterocycles. The van der Waals surface area contributed by atoms with Crippen molar-refractivity contribution >= 4 is 21.6 Å². The molecule has 1 aromatic rings. The average molecular weight is 276 g/mol. The van der Waals surface area contributed by atoms with E-state index in [0.717, 1.165) is 10.0 Å². The second-order valence-electron chi connectivity index (χ2n) is 3.28. The molecule has 5 heteroatoms. The van der Waals surface area contributed by atoms with Crippen LogP contribution in [0.3, 0.4) is 0 Å². The molecular formula is C10H14BrNO3. The fourth-order valence-corrected chi connectivity index (χ4v) is 1.51. The summed E-state index contributed by atoms with van der Waals surface area (Å²) in [5.74, 6) is 0.126. The van der Waals surface area contributed by atoms with Crippen molar-refractivity contribution < 1.29 is 15.3 Å². The van der Waals surface area contributed by atoms with Gasteiger partial charge in [0.05, 0.1) is 18.4 Å². The Hall–Kier alpha value is -0.780. The molecule has 4 N–H and O–H groups in total. The number of anilines is 1. The summed E-state index contributed by atoms with van der Waals surface area (Å²) in [6, 6.07) is 3.31. The Morgan fingerprint density at radius 3 is 2.73 bits per heavy atom. The molecule has 84 valence electrons. The monoisotopic (exact) mass is 275 g/mol. The lowest BCUT2D eigenvalue weighted by Gasteiger charge is -2.14. The first-order valence-corrected chi connectivity index (χ1v) is 5.36. The first-order valence-electron chi connectivity index (χ1n) is 4.57. The molecule has 0 saturated carbocycles. The molecular weight excluding hydrogens is 262 g/mol. The molecule has 15 heavy (non-hydrogen) atoms. The topological polar surface area (TPSA) is 72.7 Å². The molecule has 0 amide bonds. The van der Waals surface area contributed by atoms with Crippen LogP contribution in [-0.2, 0) is 0 Å². The molecule has 1 aromatic carbocycles. The van der Waals surface area contributed by atoms with Gasteiger partial charge in [0.25, 0.3) is 0 Å². The summed E-state index contributed by atoms with van der Waals surface area (Å²) in [4.78, 5) is 0. The van der Waals surface area contributed by atoms with Crippen molar-refractivity contribution in [2.75, 3.05) is 18.5 Å². The number of benzene rings is 1. The maximum Gasteiger partial charge on any atom is 0.139 e. The zero-order valence-electron chi connectivity index (χ0n) is 8.37. The van der Waals surface area contributed by atoms with Crippen LogP contribution in [0.25, 0.3) is 0 Å². The molecule has 0 radical (unpaired) electrons. The lowest BCUT2D eigenvalue weighted by atomic mass is 10.2. The Morgan fingerprint density at radius 1 is 1.47 bits per heavy atom. The highest BCUT2D eigenvalue weighted by Gasteiger charge is 2.09. The van der Waals surface area contributed by atoms with Crippen molar-refractivity contribution in [3.05, 3.63) is 22.2 Å². The highest BCUT2D eigenvalue weighted by Crippen LogP contribution is 2.32. The molecule has 0 aliphatic carbocycles. The minimum Gasteiger partial charge on any atom is -0.506 e. The van der Waals surface area contributed by atoms with Gasteiger partial charge in [-0.25, -0.2) is 0 Å². The molecule has 0 spiro atoms. The van der Waals surface area contributed by atoms with Crippen molar-refractivity contribution in [2.45, 2.75) is 13.0 Å². The van der Waals surface area contributed by atoms with Gasteiger partial charge in [-0.2, -0.15) is 0 Å². The number of phenolic OH excluding ortho intramolecular Hbond substituents is 1. The van der Waals surface area contributed by atoms with Crippen molar-refractivity contribution in [3.63, 3.8) is 0 Å². The number of rotatable bonds is 4. The van der Waals surface area contributed by atoms with Crippen molar-refractivity contribution in [3.8, 4) is 5.75 Å². The van der Waals surface area contributed by atoms with Crippen molar-refractivity contribution in [2.24, 2.45) is 0 Å². The van der Waals surface area contributed by atoms with Gasteiger partial charge in [0.1, 0.15) is 5.75 Å². The van der Waals surface area contributed by atoms with Gasteiger partial charge in [-0.3, -0.25) is 0 Å². The van der Waals surface area contributed by atoms with Crippen LogP contribution in [0.2, 0.25) is 0 Å². The molecule has 4 nitrogen and oxygen atoms in total. The van der Waals surface area contributed by atoms with Gasteiger partial charge >= 0.3 is 0 Å². The van der Waals surface area contributed by atoms with E-state index in [9.17, 15) is 5.11 Å². The van der Waals surface area contributed by atoms with Gasteiger partial charge in [-0.15, -0.1) is 0 Å². The quantitative estimate of drug-likeness (QED) is 0.624. The zero-order valence-corrected chi connectivity index (χ0v) is 9.95. The fraction of sp³-hybridized carbons (Fsp3) is 0.400. The maximum atomic E-state index is 9.57. The number of hydrogen-bond acceptors (Lipinski definition) is 4. The normalized spacial score (nSPS) is 12.5. The Kier molecular flexibility index (Phi) is 4.38. The summed E-state index contributed by atoms with van der Waals surface area (Å²) in [5, 5.41) is 30.3. The van der Waals surface area contributed by atoms with Crippen molar-refractivity contribution in [1.29, 1.82) is 0 Å². The average Bonchev–Trinajstić information content (AvgIpc) is 2.23. The minimum absolute atomic E-state index is 0.126. The summed E-state index contributed by atoms with van der Waals surface area (Å²) in [5.41, 5.74) is 1.43. The second-order valence-corrected chi connectivity index (χ2v) is 4.14. The summed E-state index contributed by atoms with van der Waals surface area (Å²) in [6.45, 7) is 1.74. The highest BCUT2D eigenvalue weighted by molar-refractivity contribution is 9.10. The Morgan fingerprint density at radius 2 is 2.13 bits per heavy atom. The van der Waals surface area contributed by atoms with Crippen LogP contribution < -0.4 is 5.32 Å². The van der Waals surface area contributed by atoms with Gasteiger partial charge in [0, 0.05) is 11.0 Å². The fourth-order valence-electron chi connectivity index (χ4n) is 1.18. The van der Waals surface area contributed by atoms with E-state index in [1.165, 1.54) is 0 Å². The molecule has 0 fully saturated rings. The van der Waals surface area contributed by atoms with Crippen LogP contribution in [0.1, 0.15) is 5.56 Å². The summed E-state index contributed by atoms with van der Waals surface area (Å²) in [6.07, 6.45) is -0.831. The predicted octanol–water partition coefficient (Wildman–Crippen LogP) is 1.23. The van der Waals surface area contributed by atoms with E-state index in [2.05, 4.69) is 21.2 Å².